The zero-order valence-electron chi connectivity index (χ0n) is 13.9. The predicted octanol–water partition coefficient (Wildman–Crippen LogP) is 3.46. The molecule has 0 aliphatic carbocycles. The molecule has 136 valence electrons. The maximum Gasteiger partial charge on any atom is 0.387 e. The molecule has 1 heterocycles. The van der Waals surface area contributed by atoms with E-state index in [-0.39, 0.29) is 36.3 Å². The summed E-state index contributed by atoms with van der Waals surface area (Å²) in [6.45, 7) is 1.24. The lowest BCUT2D eigenvalue weighted by atomic mass is 10.00. The van der Waals surface area contributed by atoms with E-state index in [0.717, 1.165) is 25.9 Å². The lowest BCUT2D eigenvalue weighted by Crippen LogP contribution is -2.42. The van der Waals surface area contributed by atoms with Crippen LogP contribution in [-0.2, 0) is 6.54 Å². The topological polar surface area (TPSA) is 60.1 Å². The summed E-state index contributed by atoms with van der Waals surface area (Å²) in [5.41, 5.74) is 6.53. The number of guanidine groups is 1. The van der Waals surface area contributed by atoms with Crippen molar-refractivity contribution in [2.45, 2.75) is 32.9 Å². The molecule has 0 amide bonds. The van der Waals surface area contributed by atoms with Crippen molar-refractivity contribution in [2.75, 3.05) is 20.2 Å². The minimum atomic E-state index is -2.88. The zero-order valence-corrected chi connectivity index (χ0v) is 16.2. The molecule has 0 aromatic heterocycles. The van der Waals surface area contributed by atoms with E-state index < -0.39 is 6.61 Å². The molecule has 1 aromatic carbocycles. The molecule has 0 saturated carbocycles. The summed E-state index contributed by atoms with van der Waals surface area (Å²) < 4.78 is 34.6. The van der Waals surface area contributed by atoms with Crippen molar-refractivity contribution in [3.63, 3.8) is 0 Å². The van der Waals surface area contributed by atoms with E-state index >= 15 is 0 Å². The molecular formula is C16H24F2IN3O2. The van der Waals surface area contributed by atoms with Crippen molar-refractivity contribution in [1.82, 2.24) is 4.90 Å². The Morgan fingerprint density at radius 2 is 2.04 bits per heavy atom. The standard InChI is InChI=1S/C16H23F2N3O2.HI/c1-11-5-7-21(8-6-11)16(19)20-10-12-9-13(22-2)3-4-14(12)23-15(17)18;/h3-4,9,11,15H,5-8,10H2,1-2H3,(H2,19,20);1H. The van der Waals surface area contributed by atoms with E-state index in [4.69, 9.17) is 10.5 Å². The van der Waals surface area contributed by atoms with Crippen LogP contribution in [0.3, 0.4) is 0 Å². The van der Waals surface area contributed by atoms with Crippen LogP contribution in [-0.4, -0.2) is 37.7 Å². The second-order valence-corrected chi connectivity index (χ2v) is 5.70. The molecule has 1 aliphatic heterocycles. The van der Waals surface area contributed by atoms with Gasteiger partial charge >= 0.3 is 6.61 Å². The van der Waals surface area contributed by atoms with Gasteiger partial charge in [-0.25, -0.2) is 4.99 Å². The number of benzene rings is 1. The van der Waals surface area contributed by atoms with E-state index in [1.165, 1.54) is 13.2 Å². The van der Waals surface area contributed by atoms with Gasteiger partial charge in [0.2, 0.25) is 0 Å². The number of methoxy groups -OCH3 is 1. The second kappa shape index (κ2) is 9.85. The van der Waals surface area contributed by atoms with E-state index in [2.05, 4.69) is 16.7 Å². The van der Waals surface area contributed by atoms with Crippen molar-refractivity contribution in [3.8, 4) is 11.5 Å². The van der Waals surface area contributed by atoms with E-state index in [1.807, 2.05) is 4.90 Å². The summed E-state index contributed by atoms with van der Waals surface area (Å²) in [5.74, 6) is 1.78. The van der Waals surface area contributed by atoms with Gasteiger partial charge < -0.3 is 20.1 Å². The van der Waals surface area contributed by atoms with Crippen molar-refractivity contribution in [3.05, 3.63) is 23.8 Å². The number of aliphatic imine (C=N–C) groups is 1. The van der Waals surface area contributed by atoms with Crippen LogP contribution in [0, 0.1) is 5.92 Å². The molecule has 0 bridgehead atoms. The first kappa shape index (κ1) is 20.7. The van der Waals surface area contributed by atoms with Gasteiger partial charge in [-0.1, -0.05) is 6.92 Å². The quantitative estimate of drug-likeness (QED) is 0.420. The largest absolute Gasteiger partial charge is 0.497 e. The van der Waals surface area contributed by atoms with Crippen molar-refractivity contribution in [2.24, 2.45) is 16.6 Å². The van der Waals surface area contributed by atoms with Gasteiger partial charge in [-0.15, -0.1) is 24.0 Å². The third-order valence-corrected chi connectivity index (χ3v) is 4.00. The lowest BCUT2D eigenvalue weighted by Gasteiger charge is -2.31. The normalized spacial score (nSPS) is 16.0. The molecule has 1 fully saturated rings. The number of hydrogen-bond acceptors (Lipinski definition) is 3. The molecule has 5 nitrogen and oxygen atoms in total. The molecule has 0 spiro atoms. The highest BCUT2D eigenvalue weighted by Gasteiger charge is 2.17. The minimum Gasteiger partial charge on any atom is -0.497 e. The Labute approximate surface area is 158 Å². The van der Waals surface area contributed by atoms with Crippen LogP contribution in [0.1, 0.15) is 25.3 Å². The number of likely N-dealkylation sites (tertiary alicyclic amines) is 1. The third kappa shape index (κ3) is 5.95. The van der Waals surface area contributed by atoms with Gasteiger partial charge in [0.05, 0.1) is 13.7 Å². The summed E-state index contributed by atoms with van der Waals surface area (Å²) in [4.78, 5) is 6.35. The van der Waals surface area contributed by atoms with Gasteiger partial charge in [0, 0.05) is 18.7 Å². The fourth-order valence-electron chi connectivity index (χ4n) is 2.52. The van der Waals surface area contributed by atoms with Crippen molar-refractivity contribution < 1.29 is 18.3 Å². The molecule has 1 saturated heterocycles. The molecule has 1 aliphatic rings. The summed E-state index contributed by atoms with van der Waals surface area (Å²) >= 11 is 0. The second-order valence-electron chi connectivity index (χ2n) is 5.70. The van der Waals surface area contributed by atoms with Crippen LogP contribution < -0.4 is 15.2 Å². The number of nitrogens with zero attached hydrogens (tertiary/aromatic N) is 2. The summed E-state index contributed by atoms with van der Waals surface area (Å²) in [5, 5.41) is 0. The number of halogens is 3. The summed E-state index contributed by atoms with van der Waals surface area (Å²) in [6, 6.07) is 4.65. The third-order valence-electron chi connectivity index (χ3n) is 4.00. The first-order chi connectivity index (χ1) is 11.0. The number of alkyl halides is 2. The first-order valence-electron chi connectivity index (χ1n) is 7.66. The number of piperidine rings is 1. The monoisotopic (exact) mass is 455 g/mol. The maximum atomic E-state index is 12.5. The Balaban J connectivity index is 0.00000288. The Kier molecular flexibility index (Phi) is 8.51. The zero-order chi connectivity index (χ0) is 16.8. The summed E-state index contributed by atoms with van der Waals surface area (Å²) in [6.07, 6.45) is 2.16. The lowest BCUT2D eigenvalue weighted by molar-refractivity contribution is -0.0504. The molecule has 0 radical (unpaired) electrons. The van der Waals surface area contributed by atoms with E-state index in [1.54, 1.807) is 12.1 Å². The van der Waals surface area contributed by atoms with Crippen LogP contribution >= 0.6 is 24.0 Å². The fourth-order valence-corrected chi connectivity index (χ4v) is 2.52. The molecule has 24 heavy (non-hydrogen) atoms. The highest BCUT2D eigenvalue weighted by Crippen LogP contribution is 2.26. The Morgan fingerprint density at radius 3 is 2.62 bits per heavy atom. The average molecular weight is 455 g/mol. The Morgan fingerprint density at radius 1 is 1.38 bits per heavy atom. The Hall–Kier alpha value is -1.32. The van der Waals surface area contributed by atoms with Gasteiger partial charge in [0.1, 0.15) is 11.5 Å². The Bertz CT molecular complexity index is 550. The molecule has 2 N–H and O–H groups in total. The SMILES string of the molecule is COc1ccc(OC(F)F)c(CN=C(N)N2CCC(C)CC2)c1.I. The van der Waals surface area contributed by atoms with Gasteiger partial charge in [-0.05, 0) is 37.0 Å². The average Bonchev–Trinajstić information content (AvgIpc) is 2.53. The molecule has 0 unspecified atom stereocenters. The number of hydrogen-bond donors (Lipinski definition) is 1. The number of ether oxygens (including phenoxy) is 2. The van der Waals surface area contributed by atoms with Gasteiger partial charge in [-0.2, -0.15) is 8.78 Å². The minimum absolute atomic E-state index is 0. The fraction of sp³-hybridized carbons (Fsp3) is 0.562. The predicted molar refractivity (Wildman–Crippen MR) is 100 cm³/mol. The van der Waals surface area contributed by atoms with Gasteiger partial charge in [0.15, 0.2) is 5.96 Å². The molecule has 8 heteroatoms. The molecule has 0 atom stereocenters. The molecule has 2 rings (SSSR count). The first-order valence-corrected chi connectivity index (χ1v) is 7.66. The van der Waals surface area contributed by atoms with Crippen LogP contribution in [0.2, 0.25) is 0 Å². The van der Waals surface area contributed by atoms with Crippen molar-refractivity contribution in [1.29, 1.82) is 0 Å². The molecule has 1 aromatic rings. The van der Waals surface area contributed by atoms with E-state index in [0.29, 0.717) is 23.2 Å². The van der Waals surface area contributed by atoms with Crippen LogP contribution in [0.15, 0.2) is 23.2 Å². The molecular weight excluding hydrogens is 431 g/mol. The van der Waals surface area contributed by atoms with Gasteiger partial charge in [0.25, 0.3) is 0 Å². The maximum absolute atomic E-state index is 12.5. The van der Waals surface area contributed by atoms with Crippen LogP contribution in [0.5, 0.6) is 11.5 Å². The number of nitrogens with two attached hydrogens (primary N) is 1. The van der Waals surface area contributed by atoms with E-state index in [9.17, 15) is 8.78 Å². The van der Waals surface area contributed by atoms with Crippen molar-refractivity contribution >= 4 is 29.9 Å². The van der Waals surface area contributed by atoms with Crippen LogP contribution in [0.4, 0.5) is 8.78 Å². The number of rotatable bonds is 5. The van der Waals surface area contributed by atoms with Gasteiger partial charge in [-0.3, -0.25) is 0 Å². The highest BCUT2D eigenvalue weighted by atomic mass is 127. The van der Waals surface area contributed by atoms with Crippen LogP contribution in [0.25, 0.3) is 0 Å². The smallest absolute Gasteiger partial charge is 0.387 e. The summed E-state index contributed by atoms with van der Waals surface area (Å²) in [7, 11) is 1.51. The highest BCUT2D eigenvalue weighted by molar-refractivity contribution is 14.0.